The summed E-state index contributed by atoms with van der Waals surface area (Å²) in [5.41, 5.74) is 5.48. The van der Waals surface area contributed by atoms with Crippen molar-refractivity contribution in [3.63, 3.8) is 0 Å². The SMILES string of the molecule is CCOC(=O)c1cc(N2CC(=O)NC(=O)C2)c(F)cc1N. The van der Waals surface area contributed by atoms with E-state index in [1.54, 1.807) is 6.92 Å². The number of nitrogens with zero attached hydrogens (tertiary/aromatic N) is 1. The molecule has 2 amide bonds. The highest BCUT2D eigenvalue weighted by Gasteiger charge is 2.26. The summed E-state index contributed by atoms with van der Waals surface area (Å²) >= 11 is 0. The van der Waals surface area contributed by atoms with Crippen LogP contribution in [-0.4, -0.2) is 37.5 Å². The summed E-state index contributed by atoms with van der Waals surface area (Å²) in [5.74, 6) is -2.49. The van der Waals surface area contributed by atoms with Crippen molar-refractivity contribution in [1.29, 1.82) is 0 Å². The largest absolute Gasteiger partial charge is 0.462 e. The first-order valence-corrected chi connectivity index (χ1v) is 6.26. The van der Waals surface area contributed by atoms with Gasteiger partial charge in [-0.1, -0.05) is 0 Å². The van der Waals surface area contributed by atoms with Crippen LogP contribution in [0.3, 0.4) is 0 Å². The molecule has 0 atom stereocenters. The van der Waals surface area contributed by atoms with Crippen LogP contribution in [0.5, 0.6) is 0 Å². The lowest BCUT2D eigenvalue weighted by molar-refractivity contribution is -0.130. The Hall–Kier alpha value is -2.64. The highest BCUT2D eigenvalue weighted by Crippen LogP contribution is 2.26. The number of carbonyl (C=O) groups is 3. The van der Waals surface area contributed by atoms with Gasteiger partial charge in [0.15, 0.2) is 0 Å². The van der Waals surface area contributed by atoms with E-state index in [-0.39, 0.29) is 36.6 Å². The number of piperazine rings is 1. The number of esters is 1. The molecule has 1 aromatic rings. The molecule has 1 heterocycles. The Balaban J connectivity index is 2.39. The zero-order valence-corrected chi connectivity index (χ0v) is 11.3. The number of hydrogen-bond acceptors (Lipinski definition) is 6. The van der Waals surface area contributed by atoms with Crippen molar-refractivity contribution in [3.05, 3.63) is 23.5 Å². The van der Waals surface area contributed by atoms with E-state index in [0.717, 1.165) is 6.07 Å². The average Bonchev–Trinajstić information content (AvgIpc) is 2.37. The molecule has 3 N–H and O–H groups in total. The first kappa shape index (κ1) is 14.8. The molecular formula is C13H14FN3O4. The zero-order valence-electron chi connectivity index (χ0n) is 11.3. The van der Waals surface area contributed by atoms with Gasteiger partial charge in [0.25, 0.3) is 0 Å². The van der Waals surface area contributed by atoms with Gasteiger partial charge in [-0.15, -0.1) is 0 Å². The van der Waals surface area contributed by atoms with E-state index in [1.165, 1.54) is 11.0 Å². The number of anilines is 2. The van der Waals surface area contributed by atoms with Crippen LogP contribution in [0.1, 0.15) is 17.3 Å². The minimum atomic E-state index is -0.719. The summed E-state index contributed by atoms with van der Waals surface area (Å²) < 4.78 is 18.8. The van der Waals surface area contributed by atoms with Gasteiger partial charge in [0.05, 0.1) is 30.9 Å². The first-order chi connectivity index (χ1) is 9.92. The summed E-state index contributed by atoms with van der Waals surface area (Å²) in [6.07, 6.45) is 0. The second-order valence-electron chi connectivity index (χ2n) is 4.44. The summed E-state index contributed by atoms with van der Waals surface area (Å²) in [6, 6.07) is 2.16. The van der Waals surface area contributed by atoms with Crippen LogP contribution in [0.4, 0.5) is 15.8 Å². The van der Waals surface area contributed by atoms with Gasteiger partial charge in [0, 0.05) is 5.69 Å². The third-order valence-corrected chi connectivity index (χ3v) is 2.90. The maximum Gasteiger partial charge on any atom is 0.340 e. The van der Waals surface area contributed by atoms with E-state index in [0.29, 0.717) is 0 Å². The first-order valence-electron chi connectivity index (χ1n) is 6.26. The molecule has 1 fully saturated rings. The van der Waals surface area contributed by atoms with Crippen LogP contribution in [0.15, 0.2) is 12.1 Å². The predicted octanol–water partition coefficient (Wildman–Crippen LogP) is 0.0474. The number of rotatable bonds is 3. The molecule has 0 aliphatic carbocycles. The number of halogens is 1. The quantitative estimate of drug-likeness (QED) is 0.464. The van der Waals surface area contributed by atoms with Gasteiger partial charge in [-0.05, 0) is 19.1 Å². The van der Waals surface area contributed by atoms with Gasteiger partial charge in [-0.2, -0.15) is 0 Å². The van der Waals surface area contributed by atoms with Gasteiger partial charge in [0.1, 0.15) is 5.82 Å². The van der Waals surface area contributed by atoms with E-state index in [4.69, 9.17) is 10.5 Å². The molecule has 7 nitrogen and oxygen atoms in total. The molecule has 1 saturated heterocycles. The Morgan fingerprint density at radius 2 is 2.00 bits per heavy atom. The van der Waals surface area contributed by atoms with Crippen molar-refractivity contribution in [1.82, 2.24) is 5.32 Å². The lowest BCUT2D eigenvalue weighted by atomic mass is 10.1. The van der Waals surface area contributed by atoms with E-state index in [1.807, 2.05) is 0 Å². The van der Waals surface area contributed by atoms with Gasteiger partial charge in [-0.3, -0.25) is 14.9 Å². The molecule has 112 valence electrons. The second-order valence-corrected chi connectivity index (χ2v) is 4.44. The predicted molar refractivity (Wildman–Crippen MR) is 72.1 cm³/mol. The van der Waals surface area contributed by atoms with E-state index >= 15 is 0 Å². The van der Waals surface area contributed by atoms with Gasteiger partial charge in [0.2, 0.25) is 11.8 Å². The summed E-state index contributed by atoms with van der Waals surface area (Å²) in [4.78, 5) is 35.7. The molecule has 0 unspecified atom stereocenters. The topological polar surface area (TPSA) is 102 Å². The average molecular weight is 295 g/mol. The van der Waals surface area contributed by atoms with Gasteiger partial charge in [-0.25, -0.2) is 9.18 Å². The molecule has 1 aliphatic heterocycles. The highest BCUT2D eigenvalue weighted by atomic mass is 19.1. The lowest BCUT2D eigenvalue weighted by Crippen LogP contribution is -2.51. The molecule has 21 heavy (non-hydrogen) atoms. The standard InChI is InChI=1S/C13H14FN3O4/c1-2-21-13(20)7-3-10(8(14)4-9(7)15)17-5-11(18)16-12(19)6-17/h3-4H,2,5-6,15H2,1H3,(H,16,18,19). The number of imide groups is 1. The van der Waals surface area contributed by atoms with Crippen LogP contribution >= 0.6 is 0 Å². The Kier molecular flexibility index (Phi) is 4.06. The summed E-state index contributed by atoms with van der Waals surface area (Å²) in [5, 5.41) is 2.11. The van der Waals surface area contributed by atoms with Crippen molar-refractivity contribution >= 4 is 29.2 Å². The fourth-order valence-corrected chi connectivity index (χ4v) is 2.01. The van der Waals surface area contributed by atoms with Crippen molar-refractivity contribution in [2.45, 2.75) is 6.92 Å². The normalized spacial score (nSPS) is 14.9. The number of benzene rings is 1. The van der Waals surface area contributed by atoms with Crippen LogP contribution in [0.25, 0.3) is 0 Å². The molecule has 0 spiro atoms. The minimum absolute atomic E-state index is 0.00770. The summed E-state index contributed by atoms with van der Waals surface area (Å²) in [6.45, 7) is 1.41. The molecule has 1 aliphatic rings. The molecule has 8 heteroatoms. The molecule has 0 bridgehead atoms. The molecular weight excluding hydrogens is 281 g/mol. The number of nitrogen functional groups attached to an aromatic ring is 1. The van der Waals surface area contributed by atoms with Crippen molar-refractivity contribution in [2.75, 3.05) is 30.3 Å². The van der Waals surface area contributed by atoms with E-state index in [2.05, 4.69) is 5.32 Å². The Morgan fingerprint density at radius 3 is 2.57 bits per heavy atom. The fourth-order valence-electron chi connectivity index (χ4n) is 2.01. The minimum Gasteiger partial charge on any atom is -0.462 e. The number of hydrogen-bond donors (Lipinski definition) is 2. The Labute approximate surface area is 119 Å². The molecule has 1 aromatic carbocycles. The smallest absolute Gasteiger partial charge is 0.340 e. The second kappa shape index (κ2) is 5.78. The lowest BCUT2D eigenvalue weighted by Gasteiger charge is -2.28. The Morgan fingerprint density at radius 1 is 1.38 bits per heavy atom. The van der Waals surface area contributed by atoms with Crippen molar-refractivity contribution < 1.29 is 23.5 Å². The van der Waals surface area contributed by atoms with E-state index in [9.17, 15) is 18.8 Å². The monoisotopic (exact) mass is 295 g/mol. The number of amides is 2. The third-order valence-electron chi connectivity index (χ3n) is 2.90. The molecule has 0 radical (unpaired) electrons. The molecule has 2 rings (SSSR count). The van der Waals surface area contributed by atoms with E-state index < -0.39 is 23.6 Å². The number of carbonyl (C=O) groups excluding carboxylic acids is 3. The number of ether oxygens (including phenoxy) is 1. The zero-order chi connectivity index (χ0) is 15.6. The van der Waals surface area contributed by atoms with Crippen LogP contribution in [-0.2, 0) is 14.3 Å². The fraction of sp³-hybridized carbons (Fsp3) is 0.308. The van der Waals surface area contributed by atoms with Crippen LogP contribution in [0, 0.1) is 5.82 Å². The van der Waals surface area contributed by atoms with Crippen LogP contribution < -0.4 is 16.0 Å². The maximum atomic E-state index is 14.0. The van der Waals surface area contributed by atoms with Crippen molar-refractivity contribution in [3.8, 4) is 0 Å². The van der Waals surface area contributed by atoms with Gasteiger partial charge >= 0.3 is 5.97 Å². The maximum absolute atomic E-state index is 14.0. The Bertz CT molecular complexity index is 602. The molecule has 0 saturated carbocycles. The van der Waals surface area contributed by atoms with Gasteiger partial charge < -0.3 is 15.4 Å². The van der Waals surface area contributed by atoms with Crippen LogP contribution in [0.2, 0.25) is 0 Å². The van der Waals surface area contributed by atoms with Crippen molar-refractivity contribution in [2.24, 2.45) is 0 Å². The number of nitrogens with two attached hydrogens (primary N) is 1. The molecule has 0 aromatic heterocycles. The highest BCUT2D eigenvalue weighted by molar-refractivity contribution is 6.03. The summed E-state index contributed by atoms with van der Waals surface area (Å²) in [7, 11) is 0. The number of nitrogens with one attached hydrogen (secondary N) is 1. The third kappa shape index (κ3) is 3.10.